The first-order chi connectivity index (χ1) is 13.0. The second kappa shape index (κ2) is 9.86. The molecule has 7 heteroatoms. The van der Waals surface area contributed by atoms with Crippen molar-refractivity contribution in [3.8, 4) is 17.2 Å². The largest absolute Gasteiger partial charge is 0.497 e. The average Bonchev–Trinajstić information content (AvgIpc) is 2.69. The number of primary amides is 1. The van der Waals surface area contributed by atoms with Gasteiger partial charge in [-0.15, -0.1) is 0 Å². The molecule has 0 unspecified atom stereocenters. The van der Waals surface area contributed by atoms with Gasteiger partial charge in [0, 0.05) is 6.08 Å². The van der Waals surface area contributed by atoms with Gasteiger partial charge in [-0.3, -0.25) is 4.79 Å². The minimum Gasteiger partial charge on any atom is -0.497 e. The van der Waals surface area contributed by atoms with Crippen LogP contribution in [0.4, 0.5) is 0 Å². The Balaban J connectivity index is 1.95. The number of rotatable bonds is 9. The van der Waals surface area contributed by atoms with Crippen molar-refractivity contribution in [2.24, 2.45) is 5.73 Å². The van der Waals surface area contributed by atoms with Crippen LogP contribution in [0.2, 0.25) is 0 Å². The van der Waals surface area contributed by atoms with E-state index in [1.54, 1.807) is 37.5 Å². The molecular weight excluding hydrogens is 350 g/mol. The fourth-order valence-corrected chi connectivity index (χ4v) is 2.19. The van der Waals surface area contributed by atoms with E-state index in [2.05, 4.69) is 0 Å². The maximum atomic E-state index is 11.9. The molecule has 1 amide bonds. The molecule has 2 aromatic rings. The molecule has 0 heterocycles. The number of hydrogen-bond donors (Lipinski definition) is 1. The molecule has 0 aliphatic heterocycles. The van der Waals surface area contributed by atoms with Crippen molar-refractivity contribution in [2.45, 2.75) is 6.61 Å². The zero-order chi connectivity index (χ0) is 19.6. The lowest BCUT2D eigenvalue weighted by Gasteiger charge is -2.10. The van der Waals surface area contributed by atoms with Crippen molar-refractivity contribution >= 4 is 18.0 Å². The molecule has 0 bridgehead atoms. The van der Waals surface area contributed by atoms with E-state index < -0.39 is 11.9 Å². The number of methoxy groups -OCH3 is 2. The van der Waals surface area contributed by atoms with Gasteiger partial charge in [-0.1, -0.05) is 18.2 Å². The highest BCUT2D eigenvalue weighted by molar-refractivity contribution is 5.87. The number of hydrogen-bond acceptors (Lipinski definition) is 6. The van der Waals surface area contributed by atoms with Gasteiger partial charge in [0.1, 0.15) is 12.4 Å². The van der Waals surface area contributed by atoms with Crippen molar-refractivity contribution in [3.05, 3.63) is 59.7 Å². The Morgan fingerprint density at radius 2 is 1.85 bits per heavy atom. The summed E-state index contributed by atoms with van der Waals surface area (Å²) in [7, 11) is 3.05. The number of nitrogens with two attached hydrogens (primary N) is 1. The van der Waals surface area contributed by atoms with Crippen molar-refractivity contribution in [2.75, 3.05) is 20.8 Å². The van der Waals surface area contributed by atoms with Gasteiger partial charge in [0.05, 0.1) is 14.2 Å². The van der Waals surface area contributed by atoms with Crippen LogP contribution in [0.3, 0.4) is 0 Å². The fraction of sp³-hybridized carbons (Fsp3) is 0.200. The van der Waals surface area contributed by atoms with Crippen molar-refractivity contribution in [3.63, 3.8) is 0 Å². The molecule has 0 aromatic heterocycles. The van der Waals surface area contributed by atoms with E-state index >= 15 is 0 Å². The van der Waals surface area contributed by atoms with Gasteiger partial charge >= 0.3 is 5.97 Å². The zero-order valence-electron chi connectivity index (χ0n) is 15.1. The maximum Gasteiger partial charge on any atom is 0.331 e. The Hall–Kier alpha value is -3.48. The van der Waals surface area contributed by atoms with Gasteiger partial charge in [-0.25, -0.2) is 4.79 Å². The lowest BCUT2D eigenvalue weighted by molar-refractivity contribution is -0.138. The number of benzene rings is 2. The highest BCUT2D eigenvalue weighted by atomic mass is 16.5. The van der Waals surface area contributed by atoms with E-state index in [1.807, 2.05) is 18.2 Å². The first kappa shape index (κ1) is 19.8. The Labute approximate surface area is 157 Å². The first-order valence-electron chi connectivity index (χ1n) is 8.08. The summed E-state index contributed by atoms with van der Waals surface area (Å²) in [5.74, 6) is 0.438. The van der Waals surface area contributed by atoms with Gasteiger partial charge in [-0.05, 0) is 41.5 Å². The molecule has 27 heavy (non-hydrogen) atoms. The van der Waals surface area contributed by atoms with Gasteiger partial charge in [0.25, 0.3) is 5.91 Å². The van der Waals surface area contributed by atoms with Crippen LogP contribution >= 0.6 is 0 Å². The summed E-state index contributed by atoms with van der Waals surface area (Å²) < 4.78 is 20.8. The van der Waals surface area contributed by atoms with Crippen LogP contribution in [-0.4, -0.2) is 32.7 Å². The van der Waals surface area contributed by atoms with Crippen LogP contribution in [0.25, 0.3) is 6.08 Å². The van der Waals surface area contributed by atoms with Gasteiger partial charge in [-0.2, -0.15) is 0 Å². The monoisotopic (exact) mass is 371 g/mol. The number of esters is 1. The standard InChI is InChI=1S/C20H21NO6/c1-24-16-5-3-4-15(10-16)12-27-20(23)9-7-14-6-8-17(18(11-14)25-2)26-13-19(21)22/h3-11H,12-13H2,1-2H3,(H2,21,22)/b9-7+. The van der Waals surface area contributed by atoms with E-state index in [4.69, 9.17) is 24.7 Å². The number of amides is 1. The summed E-state index contributed by atoms with van der Waals surface area (Å²) in [4.78, 5) is 22.7. The first-order valence-corrected chi connectivity index (χ1v) is 8.08. The van der Waals surface area contributed by atoms with Crippen LogP contribution in [0.5, 0.6) is 17.2 Å². The molecule has 142 valence electrons. The average molecular weight is 371 g/mol. The Morgan fingerprint density at radius 3 is 2.56 bits per heavy atom. The summed E-state index contributed by atoms with van der Waals surface area (Å²) in [6.07, 6.45) is 2.91. The molecule has 2 rings (SSSR count). The smallest absolute Gasteiger partial charge is 0.331 e. The summed E-state index contributed by atoms with van der Waals surface area (Å²) in [6, 6.07) is 12.3. The fourth-order valence-electron chi connectivity index (χ4n) is 2.19. The Morgan fingerprint density at radius 1 is 1.04 bits per heavy atom. The molecule has 0 saturated carbocycles. The molecule has 0 spiro atoms. The lowest BCUT2D eigenvalue weighted by Crippen LogP contribution is -2.20. The molecule has 7 nitrogen and oxygen atoms in total. The molecule has 0 radical (unpaired) electrons. The van der Waals surface area contributed by atoms with E-state index in [-0.39, 0.29) is 13.2 Å². The lowest BCUT2D eigenvalue weighted by atomic mass is 10.2. The molecule has 0 aliphatic rings. The van der Waals surface area contributed by atoms with E-state index in [0.29, 0.717) is 22.8 Å². The molecule has 0 aliphatic carbocycles. The molecule has 0 atom stereocenters. The normalized spacial score (nSPS) is 10.4. The predicted molar refractivity (Wildman–Crippen MR) is 99.5 cm³/mol. The molecule has 2 N–H and O–H groups in total. The molecule has 2 aromatic carbocycles. The van der Waals surface area contributed by atoms with Crippen LogP contribution in [-0.2, 0) is 20.9 Å². The second-order valence-corrected chi connectivity index (χ2v) is 5.46. The maximum absolute atomic E-state index is 11.9. The van der Waals surface area contributed by atoms with Gasteiger partial charge in [0.2, 0.25) is 0 Å². The quantitative estimate of drug-likeness (QED) is 0.537. The number of ether oxygens (including phenoxy) is 4. The highest BCUT2D eigenvalue weighted by Crippen LogP contribution is 2.28. The third-order valence-corrected chi connectivity index (χ3v) is 3.48. The SMILES string of the molecule is COc1cccc(COC(=O)/C=C/c2ccc(OCC(N)=O)c(OC)c2)c1. The van der Waals surface area contributed by atoms with Gasteiger partial charge in [0.15, 0.2) is 18.1 Å². The van der Waals surface area contributed by atoms with Crippen LogP contribution in [0, 0.1) is 0 Å². The van der Waals surface area contributed by atoms with Crippen molar-refractivity contribution in [1.29, 1.82) is 0 Å². The zero-order valence-corrected chi connectivity index (χ0v) is 15.1. The van der Waals surface area contributed by atoms with E-state index in [0.717, 1.165) is 5.56 Å². The van der Waals surface area contributed by atoms with Crippen LogP contribution < -0.4 is 19.9 Å². The predicted octanol–water partition coefficient (Wildman–Crippen LogP) is 2.32. The summed E-state index contributed by atoms with van der Waals surface area (Å²) in [5, 5.41) is 0. The minimum atomic E-state index is -0.584. The summed E-state index contributed by atoms with van der Waals surface area (Å²) in [6.45, 7) is -0.105. The molecular formula is C20H21NO6. The summed E-state index contributed by atoms with van der Waals surface area (Å²) in [5.41, 5.74) is 6.59. The van der Waals surface area contributed by atoms with Crippen LogP contribution in [0.1, 0.15) is 11.1 Å². The number of carbonyl (C=O) groups is 2. The van der Waals surface area contributed by atoms with E-state index in [1.165, 1.54) is 13.2 Å². The summed E-state index contributed by atoms with van der Waals surface area (Å²) >= 11 is 0. The van der Waals surface area contributed by atoms with Crippen LogP contribution in [0.15, 0.2) is 48.5 Å². The topological polar surface area (TPSA) is 97.1 Å². The van der Waals surface area contributed by atoms with E-state index in [9.17, 15) is 9.59 Å². The third kappa shape index (κ3) is 6.39. The molecule has 0 fully saturated rings. The molecule has 0 saturated heterocycles. The number of carbonyl (C=O) groups excluding carboxylic acids is 2. The third-order valence-electron chi connectivity index (χ3n) is 3.48. The highest BCUT2D eigenvalue weighted by Gasteiger charge is 2.07. The Kier molecular flexibility index (Phi) is 7.25. The Bertz CT molecular complexity index is 831. The minimum absolute atomic E-state index is 0.142. The second-order valence-electron chi connectivity index (χ2n) is 5.46. The van der Waals surface area contributed by atoms with Crippen molar-refractivity contribution in [1.82, 2.24) is 0 Å². The van der Waals surface area contributed by atoms with Gasteiger partial charge < -0.3 is 24.7 Å². The van der Waals surface area contributed by atoms with Crippen molar-refractivity contribution < 1.29 is 28.5 Å².